The van der Waals surface area contributed by atoms with E-state index in [1.165, 1.54) is 0 Å². The van der Waals surface area contributed by atoms with Gasteiger partial charge < -0.3 is 24.0 Å². The van der Waals surface area contributed by atoms with Gasteiger partial charge in [0.05, 0.1) is 18.8 Å². The number of hydrogen-bond donors (Lipinski definition) is 1. The summed E-state index contributed by atoms with van der Waals surface area (Å²) in [5.41, 5.74) is -2.06. The number of rotatable bonds is 8. The maximum absolute atomic E-state index is 12.4. The van der Waals surface area contributed by atoms with E-state index < -0.39 is 37.1 Å². The third-order valence-electron chi connectivity index (χ3n) is 4.42. The van der Waals surface area contributed by atoms with Gasteiger partial charge in [-0.1, -0.05) is 20.8 Å². The molecule has 8 heteroatoms. The molecule has 1 unspecified atom stereocenters. The molecule has 0 aromatic heterocycles. The molecule has 0 aliphatic carbocycles. The summed E-state index contributed by atoms with van der Waals surface area (Å²) in [5, 5.41) is 2.88. The monoisotopic (exact) mass is 433 g/mol. The van der Waals surface area contributed by atoms with Crippen molar-refractivity contribution in [3.63, 3.8) is 0 Å². The van der Waals surface area contributed by atoms with Crippen LogP contribution in [0.4, 0.5) is 4.79 Å². The summed E-state index contributed by atoms with van der Waals surface area (Å²) in [4.78, 5) is 24.3. The van der Waals surface area contributed by atoms with Crippen LogP contribution in [0.25, 0.3) is 0 Å². The van der Waals surface area contributed by atoms with E-state index in [1.807, 2.05) is 6.92 Å². The number of alkyl carbamates (subject to hydrolysis) is 1. The largest absolute Gasteiger partial charge is 0.458 e. The lowest BCUT2D eigenvalue weighted by molar-refractivity contribution is -0.161. The van der Waals surface area contributed by atoms with Crippen LogP contribution in [0.1, 0.15) is 69.2 Å². The van der Waals surface area contributed by atoms with Crippen LogP contribution in [-0.2, 0) is 23.4 Å². The minimum atomic E-state index is -2.04. The lowest BCUT2D eigenvalue weighted by Crippen LogP contribution is -2.56. The summed E-state index contributed by atoms with van der Waals surface area (Å²) in [6.07, 6.45) is -0.556. The van der Waals surface area contributed by atoms with E-state index in [9.17, 15) is 9.59 Å². The number of carbonyl (C=O) groups excluding carboxylic acids is 2. The molecule has 0 aliphatic heterocycles. The van der Waals surface area contributed by atoms with E-state index >= 15 is 0 Å². The van der Waals surface area contributed by atoms with Gasteiger partial charge in [-0.3, -0.25) is 0 Å². The van der Waals surface area contributed by atoms with Gasteiger partial charge in [-0.05, 0) is 66.6 Å². The molecule has 0 bridgehead atoms. The number of carbonyl (C=O) groups is 2. The quantitative estimate of drug-likeness (QED) is 0.443. The Morgan fingerprint density at radius 2 is 1.28 bits per heavy atom. The maximum atomic E-state index is 12.4. The lowest BCUT2D eigenvalue weighted by atomic mass is 10.1. The van der Waals surface area contributed by atoms with Crippen molar-refractivity contribution in [2.75, 3.05) is 19.8 Å². The predicted octanol–water partition coefficient (Wildman–Crippen LogP) is 4.65. The normalized spacial score (nSPS) is 15.4. The fourth-order valence-electron chi connectivity index (χ4n) is 1.95. The Morgan fingerprint density at radius 1 is 0.793 bits per heavy atom. The zero-order chi connectivity index (χ0) is 23.3. The van der Waals surface area contributed by atoms with Gasteiger partial charge in [0, 0.05) is 0 Å². The lowest BCUT2D eigenvalue weighted by Gasteiger charge is -2.40. The molecular weight excluding hydrogens is 390 g/mol. The summed E-state index contributed by atoms with van der Waals surface area (Å²) in [6.45, 7) is 23.5. The molecule has 29 heavy (non-hydrogen) atoms. The minimum Gasteiger partial charge on any atom is -0.458 e. The Hall–Kier alpha value is -1.12. The van der Waals surface area contributed by atoms with Crippen molar-refractivity contribution < 1.29 is 28.2 Å². The molecule has 0 radical (unpaired) electrons. The average molecular weight is 434 g/mol. The van der Waals surface area contributed by atoms with Crippen molar-refractivity contribution >= 4 is 20.4 Å². The van der Waals surface area contributed by atoms with Crippen molar-refractivity contribution in [1.29, 1.82) is 0 Å². The third kappa shape index (κ3) is 12.2. The van der Waals surface area contributed by atoms with Gasteiger partial charge >= 0.3 is 12.1 Å². The molecule has 1 atom stereocenters. The van der Waals surface area contributed by atoms with Gasteiger partial charge in [0.15, 0.2) is 8.32 Å². The second kappa shape index (κ2) is 9.79. The molecule has 0 aromatic rings. The Morgan fingerprint density at radius 3 is 1.69 bits per heavy atom. The molecule has 7 nitrogen and oxygen atoms in total. The van der Waals surface area contributed by atoms with Crippen molar-refractivity contribution in [3.05, 3.63) is 0 Å². The van der Waals surface area contributed by atoms with Crippen LogP contribution in [0, 0.1) is 0 Å². The first-order chi connectivity index (χ1) is 12.7. The molecule has 0 saturated carbocycles. The smallest absolute Gasteiger partial charge is 0.408 e. The van der Waals surface area contributed by atoms with Crippen molar-refractivity contribution in [2.24, 2.45) is 0 Å². The zero-order valence-corrected chi connectivity index (χ0v) is 21.6. The van der Waals surface area contributed by atoms with E-state index in [0.717, 1.165) is 0 Å². The molecule has 0 aromatic carbocycles. The standard InChI is InChI=1S/C21H43NO6Si/c1-18(2,3)27-16(23)13-25-14-21(10,22-17(24)28-19(4,5)6)15-26-29(11,12)20(7,8)9/h13-15H2,1-12H3,(H,22,24). The predicted molar refractivity (Wildman–Crippen MR) is 118 cm³/mol. The highest BCUT2D eigenvalue weighted by Crippen LogP contribution is 2.37. The van der Waals surface area contributed by atoms with Crippen LogP contribution >= 0.6 is 0 Å². The van der Waals surface area contributed by atoms with Crippen molar-refractivity contribution in [3.8, 4) is 0 Å². The molecule has 0 rings (SSSR count). The van der Waals surface area contributed by atoms with Crippen molar-refractivity contribution in [2.45, 2.75) is 104 Å². The minimum absolute atomic E-state index is 0.0250. The number of esters is 1. The Bertz CT molecular complexity index is 557. The first-order valence-electron chi connectivity index (χ1n) is 10.1. The molecule has 172 valence electrons. The van der Waals surface area contributed by atoms with Crippen LogP contribution in [0.5, 0.6) is 0 Å². The first-order valence-corrected chi connectivity index (χ1v) is 13.0. The van der Waals surface area contributed by atoms with Gasteiger partial charge in [-0.15, -0.1) is 0 Å². The third-order valence-corrected chi connectivity index (χ3v) is 8.90. The fraction of sp³-hybridized carbons (Fsp3) is 0.905. The number of nitrogens with one attached hydrogen (secondary N) is 1. The number of amides is 1. The SMILES string of the molecule is CC(COCC(=O)OC(C)(C)C)(CO[Si](C)(C)C(C)(C)C)NC(=O)OC(C)(C)C. The number of hydrogen-bond acceptors (Lipinski definition) is 6. The highest BCUT2D eigenvalue weighted by Gasteiger charge is 2.40. The van der Waals surface area contributed by atoms with Gasteiger partial charge in [-0.2, -0.15) is 0 Å². The van der Waals surface area contributed by atoms with Gasteiger partial charge in [0.1, 0.15) is 17.8 Å². The Balaban J connectivity index is 5.13. The molecule has 0 aliphatic rings. The topological polar surface area (TPSA) is 83.1 Å². The van der Waals surface area contributed by atoms with E-state index in [-0.39, 0.29) is 24.9 Å². The summed E-state index contributed by atoms with van der Waals surface area (Å²) in [5.74, 6) is -0.456. The molecule has 0 spiro atoms. The van der Waals surface area contributed by atoms with E-state index in [4.69, 9.17) is 18.6 Å². The highest BCUT2D eigenvalue weighted by atomic mass is 28.4. The van der Waals surface area contributed by atoms with Gasteiger partial charge in [0.2, 0.25) is 0 Å². The second-order valence-corrected chi connectivity index (χ2v) is 16.1. The first kappa shape index (κ1) is 27.9. The van der Waals surface area contributed by atoms with Gasteiger partial charge in [-0.25, -0.2) is 9.59 Å². The average Bonchev–Trinajstić information content (AvgIpc) is 2.39. The van der Waals surface area contributed by atoms with Crippen LogP contribution in [0.3, 0.4) is 0 Å². The Kier molecular flexibility index (Phi) is 9.41. The fourth-order valence-corrected chi connectivity index (χ4v) is 3.06. The van der Waals surface area contributed by atoms with Gasteiger partial charge in [0.25, 0.3) is 0 Å². The van der Waals surface area contributed by atoms with E-state index in [0.29, 0.717) is 0 Å². The summed E-state index contributed by atoms with van der Waals surface area (Å²) < 4.78 is 22.5. The van der Waals surface area contributed by atoms with Crippen LogP contribution in [0.15, 0.2) is 0 Å². The van der Waals surface area contributed by atoms with Crippen molar-refractivity contribution in [1.82, 2.24) is 5.32 Å². The maximum Gasteiger partial charge on any atom is 0.408 e. The summed E-state index contributed by atoms with van der Waals surface area (Å²) >= 11 is 0. The molecule has 0 fully saturated rings. The molecular formula is C21H43NO6Si. The second-order valence-electron chi connectivity index (χ2n) is 11.3. The summed E-state index contributed by atoms with van der Waals surface area (Å²) in [7, 11) is -2.04. The molecule has 1 N–H and O–H groups in total. The molecule has 0 saturated heterocycles. The number of ether oxygens (including phenoxy) is 3. The summed E-state index contributed by atoms with van der Waals surface area (Å²) in [6, 6.07) is 0. The van der Waals surface area contributed by atoms with E-state index in [2.05, 4.69) is 39.2 Å². The van der Waals surface area contributed by atoms with Crippen LogP contribution in [0.2, 0.25) is 18.1 Å². The van der Waals surface area contributed by atoms with E-state index in [1.54, 1.807) is 41.5 Å². The van der Waals surface area contributed by atoms with Crippen LogP contribution < -0.4 is 5.32 Å². The zero-order valence-electron chi connectivity index (χ0n) is 20.6. The van der Waals surface area contributed by atoms with Crippen LogP contribution in [-0.4, -0.2) is 56.9 Å². The molecule has 0 heterocycles. The molecule has 1 amide bonds. The highest BCUT2D eigenvalue weighted by molar-refractivity contribution is 6.74. The Labute approximate surface area is 178 Å².